The van der Waals surface area contributed by atoms with Crippen LogP contribution in [-0.4, -0.2) is 39.2 Å². The molecule has 3 aliphatic rings. The molecular weight excluding hydrogens is 452 g/mol. The van der Waals surface area contributed by atoms with Gasteiger partial charge < -0.3 is 9.40 Å². The Morgan fingerprint density at radius 2 is 1.94 bits per heavy atom. The van der Waals surface area contributed by atoms with Crippen LogP contribution >= 0.6 is 0 Å². The quantitative estimate of drug-likeness (QED) is 0.341. The van der Waals surface area contributed by atoms with Crippen LogP contribution in [0.15, 0.2) is 48.1 Å². The number of hydrogen-bond acceptors (Lipinski definition) is 5. The van der Waals surface area contributed by atoms with Crippen molar-refractivity contribution in [2.75, 3.05) is 0 Å². The number of benzene rings is 1. The monoisotopic (exact) mass is 486 g/mol. The van der Waals surface area contributed by atoms with Crippen molar-refractivity contribution in [3.05, 3.63) is 64.9 Å². The zero-order valence-corrected chi connectivity index (χ0v) is 21.3. The van der Waals surface area contributed by atoms with Crippen molar-refractivity contribution in [1.29, 1.82) is 0 Å². The Kier molecular flexibility index (Phi) is 6.80. The Balaban J connectivity index is 1.41. The normalized spacial score (nSPS) is 24.4. The van der Waals surface area contributed by atoms with Crippen LogP contribution < -0.4 is 0 Å². The van der Waals surface area contributed by atoms with Gasteiger partial charge in [-0.15, -0.1) is 5.06 Å². The number of hydrogen-bond donors (Lipinski definition) is 0. The van der Waals surface area contributed by atoms with Crippen molar-refractivity contribution in [2.45, 2.75) is 77.9 Å². The first-order chi connectivity index (χ1) is 17.4. The lowest BCUT2D eigenvalue weighted by Crippen LogP contribution is -2.26. The van der Waals surface area contributed by atoms with Gasteiger partial charge in [0.15, 0.2) is 11.6 Å². The molecular formula is C30H34N2O4. The summed E-state index contributed by atoms with van der Waals surface area (Å²) >= 11 is 0. The van der Waals surface area contributed by atoms with Crippen LogP contribution in [0.3, 0.4) is 0 Å². The van der Waals surface area contributed by atoms with E-state index in [0.717, 1.165) is 53.5 Å². The fourth-order valence-electron chi connectivity index (χ4n) is 5.75. The van der Waals surface area contributed by atoms with Crippen molar-refractivity contribution < 1.29 is 19.2 Å². The lowest BCUT2D eigenvalue weighted by molar-refractivity contribution is -0.167. The highest BCUT2D eigenvalue weighted by molar-refractivity contribution is 6.02. The van der Waals surface area contributed by atoms with E-state index >= 15 is 0 Å². The summed E-state index contributed by atoms with van der Waals surface area (Å²) in [5, 5.41) is 2.63. The number of aromatic nitrogens is 1. The minimum atomic E-state index is -0.428. The van der Waals surface area contributed by atoms with Gasteiger partial charge in [-0.25, -0.2) is 0 Å². The third-order valence-corrected chi connectivity index (χ3v) is 7.52. The van der Waals surface area contributed by atoms with Crippen molar-refractivity contribution >= 4 is 34.5 Å². The largest absolute Gasteiger partial charge is 0.367 e. The lowest BCUT2D eigenvalue weighted by atomic mass is 9.86. The van der Waals surface area contributed by atoms with E-state index in [2.05, 4.69) is 35.8 Å². The Labute approximate surface area is 212 Å². The maximum absolute atomic E-state index is 13.7. The highest BCUT2D eigenvalue weighted by Gasteiger charge is 2.56. The second-order valence-electron chi connectivity index (χ2n) is 10.0. The van der Waals surface area contributed by atoms with Gasteiger partial charge in [0.25, 0.3) is 0 Å². The molecule has 1 saturated heterocycles. The van der Waals surface area contributed by atoms with Gasteiger partial charge in [0.2, 0.25) is 0 Å². The maximum atomic E-state index is 13.7. The fraction of sp³-hybridized carbons (Fsp3) is 0.433. The number of rotatable bonds is 9. The van der Waals surface area contributed by atoms with Crippen LogP contribution in [0.2, 0.25) is 0 Å². The molecule has 188 valence electrons. The van der Waals surface area contributed by atoms with Gasteiger partial charge in [0.1, 0.15) is 6.04 Å². The Hall–Kier alpha value is -3.25. The summed E-state index contributed by atoms with van der Waals surface area (Å²) in [7, 11) is 0. The molecule has 1 aromatic heterocycles. The molecule has 0 amide bonds. The first-order valence-corrected chi connectivity index (χ1v) is 13.2. The second-order valence-corrected chi connectivity index (χ2v) is 10.0. The number of nitrogens with zero attached hydrogens (tertiary/aromatic N) is 2. The summed E-state index contributed by atoms with van der Waals surface area (Å²) in [5.74, 6) is -0.466. The number of carbonyl (C=O) groups is 3. The molecule has 6 heteroatoms. The average Bonchev–Trinajstić information content (AvgIpc) is 3.43. The molecule has 0 bridgehead atoms. The van der Waals surface area contributed by atoms with Gasteiger partial charge >= 0.3 is 5.97 Å². The maximum Gasteiger partial charge on any atom is 0.322 e. The van der Waals surface area contributed by atoms with E-state index in [-0.39, 0.29) is 23.5 Å². The first-order valence-electron chi connectivity index (χ1n) is 13.2. The number of fused-ring (bicyclic) bond motifs is 3. The standard InChI is InChI=1S/C30H34N2O4/c1-4-9-28(34)21-12-14-25-23(17-21)24-18-22(13-15-26(24)31(25)5-2)30(35)29-27(32(29)36-19(3)33)16-20-10-7-6-8-11-20/h7,10-15,17,22,27,29H,4-6,8-9,16,18H2,1-3H3. The smallest absolute Gasteiger partial charge is 0.322 e. The Morgan fingerprint density at radius 3 is 2.64 bits per heavy atom. The van der Waals surface area contributed by atoms with Gasteiger partial charge in [-0.05, 0) is 68.9 Å². The lowest BCUT2D eigenvalue weighted by Gasteiger charge is -2.17. The molecule has 1 aromatic carbocycles. The second kappa shape index (κ2) is 10.0. The molecule has 2 aliphatic carbocycles. The van der Waals surface area contributed by atoms with E-state index in [4.69, 9.17) is 4.84 Å². The zero-order valence-electron chi connectivity index (χ0n) is 21.3. The predicted octanol–water partition coefficient (Wildman–Crippen LogP) is 5.60. The van der Waals surface area contributed by atoms with Crippen molar-refractivity contribution in [3.63, 3.8) is 0 Å². The van der Waals surface area contributed by atoms with E-state index in [1.807, 2.05) is 31.2 Å². The van der Waals surface area contributed by atoms with Crippen molar-refractivity contribution in [1.82, 2.24) is 9.63 Å². The van der Waals surface area contributed by atoms with Crippen molar-refractivity contribution in [2.24, 2.45) is 5.92 Å². The van der Waals surface area contributed by atoms with Gasteiger partial charge in [0, 0.05) is 48.0 Å². The number of Topliss-reactive ketones (excluding diaryl/α,β-unsaturated/α-hetero) is 2. The molecule has 4 atom stereocenters. The van der Waals surface area contributed by atoms with E-state index in [1.165, 1.54) is 12.5 Å². The van der Waals surface area contributed by atoms with Crippen molar-refractivity contribution in [3.8, 4) is 0 Å². The molecule has 0 spiro atoms. The number of allylic oxidation sites excluding steroid dienone is 4. The molecule has 1 fully saturated rings. The third-order valence-electron chi connectivity index (χ3n) is 7.52. The minimum absolute atomic E-state index is 0.0825. The molecule has 5 rings (SSSR count). The zero-order chi connectivity index (χ0) is 25.4. The van der Waals surface area contributed by atoms with Crippen LogP contribution in [0, 0.1) is 5.92 Å². The van der Waals surface area contributed by atoms with E-state index in [1.54, 1.807) is 5.06 Å². The number of carbonyl (C=O) groups excluding carboxylic acids is 3. The van der Waals surface area contributed by atoms with Crippen LogP contribution in [-0.2, 0) is 27.4 Å². The molecule has 36 heavy (non-hydrogen) atoms. The highest BCUT2D eigenvalue weighted by atomic mass is 16.7. The average molecular weight is 487 g/mol. The van der Waals surface area contributed by atoms with Crippen LogP contribution in [0.1, 0.15) is 74.5 Å². The molecule has 1 aliphatic heterocycles. The van der Waals surface area contributed by atoms with Crippen LogP contribution in [0.5, 0.6) is 0 Å². The molecule has 2 aromatic rings. The van der Waals surface area contributed by atoms with Gasteiger partial charge in [-0.2, -0.15) is 0 Å². The van der Waals surface area contributed by atoms with E-state index in [0.29, 0.717) is 19.3 Å². The van der Waals surface area contributed by atoms with Gasteiger partial charge in [0.05, 0.1) is 6.04 Å². The van der Waals surface area contributed by atoms with Crippen LogP contribution in [0.25, 0.3) is 17.0 Å². The Morgan fingerprint density at radius 1 is 1.11 bits per heavy atom. The SMILES string of the molecule is CCCC(=O)c1ccc2c(c1)c1c(n2CC)C=CC(C(=O)C2C(CC3=CCCC=C3)N2OC(C)=O)C1. The summed E-state index contributed by atoms with van der Waals surface area (Å²) in [6.45, 7) is 6.31. The summed E-state index contributed by atoms with van der Waals surface area (Å²) in [6, 6.07) is 5.41. The highest BCUT2D eigenvalue weighted by Crippen LogP contribution is 2.40. The molecule has 6 nitrogen and oxygen atoms in total. The summed E-state index contributed by atoms with van der Waals surface area (Å²) < 4.78 is 2.25. The van der Waals surface area contributed by atoms with Gasteiger partial charge in [-0.3, -0.25) is 14.4 Å². The number of hydroxylamine groups is 2. The third kappa shape index (κ3) is 4.50. The topological polar surface area (TPSA) is 68.4 Å². The summed E-state index contributed by atoms with van der Waals surface area (Å²) in [6.07, 6.45) is 15.2. The molecule has 0 N–H and O–H groups in total. The molecule has 2 heterocycles. The van der Waals surface area contributed by atoms with E-state index < -0.39 is 12.0 Å². The predicted molar refractivity (Wildman–Crippen MR) is 140 cm³/mol. The van der Waals surface area contributed by atoms with Crippen LogP contribution in [0.4, 0.5) is 0 Å². The number of aryl methyl sites for hydroxylation is 1. The van der Waals surface area contributed by atoms with E-state index in [9.17, 15) is 14.4 Å². The molecule has 0 radical (unpaired) electrons. The number of ketones is 2. The van der Waals surface area contributed by atoms with Gasteiger partial charge in [-0.1, -0.05) is 36.8 Å². The summed E-state index contributed by atoms with van der Waals surface area (Å²) in [4.78, 5) is 43.4. The fourth-order valence-corrected chi connectivity index (χ4v) is 5.75. The Bertz CT molecular complexity index is 1310. The minimum Gasteiger partial charge on any atom is -0.367 e. The molecule has 4 unspecified atom stereocenters. The first kappa shape index (κ1) is 24.4. The molecule has 0 saturated carbocycles. The summed E-state index contributed by atoms with van der Waals surface area (Å²) in [5.41, 5.74) is 5.24.